The lowest BCUT2D eigenvalue weighted by Gasteiger charge is -2.26. The van der Waals surface area contributed by atoms with E-state index in [0.29, 0.717) is 25.4 Å². The third-order valence-electron chi connectivity index (χ3n) is 4.86. The zero-order chi connectivity index (χ0) is 20.9. The molecule has 0 atom stereocenters. The standard InChI is InChI=1S/C24H29N3OS/c1-24(2,3)19-13-18(23(28)22(14-19)29-4)15-27(16-20-9-5-7-11-25-20)17-21-10-6-8-12-26-21/h5-14,28H,15-17H2,1-4H3. The van der Waals surface area contributed by atoms with Crippen LogP contribution in [0.4, 0.5) is 0 Å². The van der Waals surface area contributed by atoms with Crippen molar-refractivity contribution in [3.05, 3.63) is 83.4 Å². The van der Waals surface area contributed by atoms with Gasteiger partial charge >= 0.3 is 0 Å². The van der Waals surface area contributed by atoms with E-state index >= 15 is 0 Å². The molecule has 3 aromatic rings. The highest BCUT2D eigenvalue weighted by Gasteiger charge is 2.20. The molecule has 0 amide bonds. The zero-order valence-corrected chi connectivity index (χ0v) is 18.4. The molecule has 4 nitrogen and oxygen atoms in total. The number of hydrogen-bond acceptors (Lipinski definition) is 5. The molecule has 0 aliphatic carbocycles. The summed E-state index contributed by atoms with van der Waals surface area (Å²) < 4.78 is 0. The molecule has 152 valence electrons. The molecule has 1 N–H and O–H groups in total. The molecule has 0 saturated carbocycles. The van der Waals surface area contributed by atoms with Crippen LogP contribution in [0.5, 0.6) is 5.75 Å². The lowest BCUT2D eigenvalue weighted by molar-refractivity contribution is 0.238. The van der Waals surface area contributed by atoms with E-state index < -0.39 is 0 Å². The first-order valence-corrected chi connectivity index (χ1v) is 11.0. The monoisotopic (exact) mass is 407 g/mol. The van der Waals surface area contributed by atoms with E-state index in [1.807, 2.05) is 55.0 Å². The van der Waals surface area contributed by atoms with Gasteiger partial charge in [0.1, 0.15) is 5.75 Å². The van der Waals surface area contributed by atoms with Gasteiger partial charge in [0.05, 0.1) is 11.4 Å². The number of phenolic OH excluding ortho intramolecular Hbond substituents is 1. The fraction of sp³-hybridized carbons (Fsp3) is 0.333. The van der Waals surface area contributed by atoms with Gasteiger partial charge < -0.3 is 5.11 Å². The van der Waals surface area contributed by atoms with Gasteiger partial charge in [-0.3, -0.25) is 14.9 Å². The number of nitrogens with zero attached hydrogens (tertiary/aromatic N) is 3. The molecule has 0 radical (unpaired) electrons. The Kier molecular flexibility index (Phi) is 6.93. The van der Waals surface area contributed by atoms with E-state index in [4.69, 9.17) is 0 Å². The third kappa shape index (κ3) is 5.81. The van der Waals surface area contributed by atoms with Crippen molar-refractivity contribution in [3.63, 3.8) is 0 Å². The molecular formula is C24H29N3OS. The predicted octanol–water partition coefficient (Wildman–Crippen LogP) is 5.40. The molecule has 0 spiro atoms. The average molecular weight is 408 g/mol. The summed E-state index contributed by atoms with van der Waals surface area (Å²) in [5.41, 5.74) is 4.18. The van der Waals surface area contributed by atoms with Gasteiger partial charge in [-0.05, 0) is 47.6 Å². The number of pyridine rings is 2. The molecule has 2 heterocycles. The molecule has 29 heavy (non-hydrogen) atoms. The van der Waals surface area contributed by atoms with E-state index in [-0.39, 0.29) is 5.41 Å². The van der Waals surface area contributed by atoms with Crippen LogP contribution in [-0.4, -0.2) is 26.2 Å². The minimum atomic E-state index is 0.0136. The second-order valence-corrected chi connectivity index (χ2v) is 9.07. The van der Waals surface area contributed by atoms with Gasteiger partial charge in [-0.15, -0.1) is 11.8 Å². The Bertz CT molecular complexity index is 883. The molecule has 0 saturated heterocycles. The van der Waals surface area contributed by atoms with Gasteiger partial charge in [0.25, 0.3) is 0 Å². The largest absolute Gasteiger partial charge is 0.506 e. The van der Waals surface area contributed by atoms with Crippen LogP contribution in [0, 0.1) is 0 Å². The highest BCUT2D eigenvalue weighted by atomic mass is 32.2. The first-order valence-electron chi connectivity index (χ1n) is 9.79. The SMILES string of the molecule is CSc1cc(C(C)(C)C)cc(CN(Cc2ccccn2)Cc2ccccn2)c1O. The van der Waals surface area contributed by atoms with Gasteiger partial charge in [0.15, 0.2) is 0 Å². The van der Waals surface area contributed by atoms with Crippen molar-refractivity contribution in [1.29, 1.82) is 0 Å². The zero-order valence-electron chi connectivity index (χ0n) is 17.6. The van der Waals surface area contributed by atoms with Crippen molar-refractivity contribution >= 4 is 11.8 Å². The van der Waals surface area contributed by atoms with Crippen LogP contribution in [0.2, 0.25) is 0 Å². The Labute approximate surface area is 178 Å². The molecule has 3 rings (SSSR count). The summed E-state index contributed by atoms with van der Waals surface area (Å²) in [6, 6.07) is 16.2. The van der Waals surface area contributed by atoms with Gasteiger partial charge in [0.2, 0.25) is 0 Å². The van der Waals surface area contributed by atoms with Crippen LogP contribution >= 0.6 is 11.8 Å². The minimum Gasteiger partial charge on any atom is -0.506 e. The summed E-state index contributed by atoms with van der Waals surface area (Å²) in [6.07, 6.45) is 5.64. The number of aromatic nitrogens is 2. The van der Waals surface area contributed by atoms with E-state index in [2.05, 4.69) is 47.8 Å². The molecule has 0 aliphatic heterocycles. The Balaban J connectivity index is 1.94. The normalized spacial score (nSPS) is 11.8. The first-order chi connectivity index (χ1) is 13.9. The maximum absolute atomic E-state index is 10.9. The second-order valence-electron chi connectivity index (χ2n) is 8.22. The van der Waals surface area contributed by atoms with Gasteiger partial charge in [-0.2, -0.15) is 0 Å². The molecule has 0 fully saturated rings. The Morgan fingerprint density at radius 1 is 0.897 bits per heavy atom. The number of phenols is 1. The highest BCUT2D eigenvalue weighted by molar-refractivity contribution is 7.98. The number of benzene rings is 1. The van der Waals surface area contributed by atoms with Crippen molar-refractivity contribution in [2.24, 2.45) is 0 Å². The molecule has 0 unspecified atom stereocenters. The lowest BCUT2D eigenvalue weighted by atomic mass is 9.86. The quantitative estimate of drug-likeness (QED) is 0.531. The Morgan fingerprint density at radius 2 is 1.48 bits per heavy atom. The number of hydrogen-bond donors (Lipinski definition) is 1. The summed E-state index contributed by atoms with van der Waals surface area (Å²) in [5, 5.41) is 10.9. The summed E-state index contributed by atoms with van der Waals surface area (Å²) in [7, 11) is 0. The summed E-state index contributed by atoms with van der Waals surface area (Å²) >= 11 is 1.58. The molecule has 0 aliphatic rings. The van der Waals surface area contributed by atoms with E-state index in [0.717, 1.165) is 21.8 Å². The summed E-state index contributed by atoms with van der Waals surface area (Å²) in [4.78, 5) is 12.2. The molecule has 0 bridgehead atoms. The minimum absolute atomic E-state index is 0.0136. The lowest BCUT2D eigenvalue weighted by Crippen LogP contribution is -2.24. The predicted molar refractivity (Wildman–Crippen MR) is 120 cm³/mol. The maximum Gasteiger partial charge on any atom is 0.133 e. The van der Waals surface area contributed by atoms with E-state index in [9.17, 15) is 5.11 Å². The van der Waals surface area contributed by atoms with Crippen LogP contribution in [0.1, 0.15) is 43.3 Å². The molecule has 5 heteroatoms. The van der Waals surface area contributed by atoms with Crippen molar-refractivity contribution in [2.45, 2.75) is 50.7 Å². The average Bonchev–Trinajstić information content (AvgIpc) is 2.70. The fourth-order valence-electron chi connectivity index (χ4n) is 3.22. The van der Waals surface area contributed by atoms with E-state index in [1.54, 1.807) is 11.8 Å². The third-order valence-corrected chi connectivity index (χ3v) is 5.61. The summed E-state index contributed by atoms with van der Waals surface area (Å²) in [5.74, 6) is 0.373. The Hall–Kier alpha value is -2.37. The molecule has 1 aromatic carbocycles. The number of rotatable bonds is 7. The van der Waals surface area contributed by atoms with Gasteiger partial charge in [-0.1, -0.05) is 39.0 Å². The molecule has 2 aromatic heterocycles. The first kappa shape index (κ1) is 21.3. The van der Waals surface area contributed by atoms with Gasteiger partial charge in [-0.25, -0.2) is 0 Å². The smallest absolute Gasteiger partial charge is 0.133 e. The van der Waals surface area contributed by atoms with Crippen LogP contribution in [0.3, 0.4) is 0 Å². The highest BCUT2D eigenvalue weighted by Crippen LogP contribution is 2.36. The number of thioether (sulfide) groups is 1. The van der Waals surface area contributed by atoms with Crippen molar-refractivity contribution < 1.29 is 5.11 Å². The van der Waals surface area contributed by atoms with Crippen LogP contribution < -0.4 is 0 Å². The van der Waals surface area contributed by atoms with Gasteiger partial charge in [0, 0.05) is 42.5 Å². The number of aromatic hydroxyl groups is 1. The Morgan fingerprint density at radius 3 is 1.93 bits per heavy atom. The topological polar surface area (TPSA) is 49.2 Å². The van der Waals surface area contributed by atoms with Crippen LogP contribution in [0.15, 0.2) is 65.8 Å². The van der Waals surface area contributed by atoms with Crippen molar-refractivity contribution in [3.8, 4) is 5.75 Å². The van der Waals surface area contributed by atoms with Crippen LogP contribution in [0.25, 0.3) is 0 Å². The molecular weight excluding hydrogens is 378 g/mol. The van der Waals surface area contributed by atoms with Crippen molar-refractivity contribution in [1.82, 2.24) is 14.9 Å². The van der Waals surface area contributed by atoms with E-state index in [1.165, 1.54) is 5.56 Å². The second kappa shape index (κ2) is 9.42. The fourth-order valence-corrected chi connectivity index (χ4v) is 3.79. The van der Waals surface area contributed by atoms with Crippen molar-refractivity contribution in [2.75, 3.05) is 6.26 Å². The van der Waals surface area contributed by atoms with Crippen LogP contribution in [-0.2, 0) is 25.0 Å². The maximum atomic E-state index is 10.9. The summed E-state index contributed by atoms with van der Waals surface area (Å²) in [6.45, 7) is 8.60.